The highest BCUT2D eigenvalue weighted by molar-refractivity contribution is 7.99. The molecule has 0 heterocycles. The Balaban J connectivity index is 2.58. The van der Waals surface area contributed by atoms with Crippen LogP contribution in [0.2, 0.25) is 0 Å². The molecule has 1 amide bonds. The number of nitrogens with one attached hydrogen (secondary N) is 1. The fourth-order valence-corrected chi connectivity index (χ4v) is 2.26. The summed E-state index contributed by atoms with van der Waals surface area (Å²) in [5, 5.41) is 20.9. The van der Waals surface area contributed by atoms with E-state index in [4.69, 9.17) is 5.11 Å². The third kappa shape index (κ3) is 5.21. The Labute approximate surface area is 116 Å². The minimum atomic E-state index is -1.10. The van der Waals surface area contributed by atoms with Crippen LogP contribution in [-0.2, 0) is 4.79 Å². The number of amides is 1. The van der Waals surface area contributed by atoms with Crippen LogP contribution in [0.25, 0.3) is 0 Å². The third-order valence-corrected chi connectivity index (χ3v) is 3.44. The Kier molecular flexibility index (Phi) is 6.21. The lowest BCUT2D eigenvalue weighted by Crippen LogP contribution is -2.15. The summed E-state index contributed by atoms with van der Waals surface area (Å²) in [5.41, 5.74) is 0.146. The number of rotatable bonds is 7. The van der Waals surface area contributed by atoms with E-state index in [0.29, 0.717) is 0 Å². The molecule has 0 atom stereocenters. The van der Waals surface area contributed by atoms with E-state index in [1.807, 2.05) is 0 Å². The van der Waals surface area contributed by atoms with E-state index in [9.17, 15) is 14.7 Å². The Morgan fingerprint density at radius 1 is 1.37 bits per heavy atom. The molecule has 1 aromatic carbocycles. The number of benzene rings is 1. The maximum Gasteiger partial charge on any atom is 0.335 e. The summed E-state index contributed by atoms with van der Waals surface area (Å²) in [4.78, 5) is 22.4. The molecule has 0 unspecified atom stereocenters. The van der Waals surface area contributed by atoms with E-state index < -0.39 is 5.97 Å². The molecule has 0 aliphatic heterocycles. The average molecular weight is 283 g/mol. The first-order chi connectivity index (χ1) is 9.04. The molecule has 1 rings (SSSR count). The fourth-order valence-electron chi connectivity index (χ4n) is 1.37. The Bertz CT molecular complexity index is 462. The number of thioether (sulfide) groups is 1. The van der Waals surface area contributed by atoms with Crippen LogP contribution >= 0.6 is 11.8 Å². The van der Waals surface area contributed by atoms with Crippen LogP contribution in [0.3, 0.4) is 0 Å². The highest BCUT2D eigenvalue weighted by Gasteiger charge is 2.10. The van der Waals surface area contributed by atoms with Gasteiger partial charge in [-0.05, 0) is 30.4 Å². The van der Waals surface area contributed by atoms with E-state index in [1.165, 1.54) is 30.0 Å². The third-order valence-electron chi connectivity index (χ3n) is 2.39. The zero-order valence-electron chi connectivity index (χ0n) is 10.7. The van der Waals surface area contributed by atoms with Crippen molar-refractivity contribution in [3.05, 3.63) is 23.8 Å². The second-order valence-electron chi connectivity index (χ2n) is 3.99. The first-order valence-electron chi connectivity index (χ1n) is 5.98. The average Bonchev–Trinajstić information content (AvgIpc) is 2.37. The SMILES string of the molecule is CCCCSCC(=O)Nc1cc(C(=O)O)ccc1O. The number of anilines is 1. The van der Waals surface area contributed by atoms with E-state index >= 15 is 0 Å². The number of carboxylic acids is 1. The van der Waals surface area contributed by atoms with Crippen molar-refractivity contribution in [2.75, 3.05) is 16.8 Å². The number of aromatic carboxylic acids is 1. The normalized spacial score (nSPS) is 10.2. The van der Waals surface area contributed by atoms with Crippen molar-refractivity contribution in [2.24, 2.45) is 0 Å². The summed E-state index contributed by atoms with van der Waals surface area (Å²) in [6.07, 6.45) is 2.13. The summed E-state index contributed by atoms with van der Waals surface area (Å²) in [6.45, 7) is 2.08. The highest BCUT2D eigenvalue weighted by atomic mass is 32.2. The van der Waals surface area contributed by atoms with Crippen LogP contribution in [0.15, 0.2) is 18.2 Å². The minimum Gasteiger partial charge on any atom is -0.506 e. The summed E-state index contributed by atoms with van der Waals surface area (Å²) >= 11 is 1.51. The molecule has 0 spiro atoms. The molecule has 0 saturated carbocycles. The molecule has 19 heavy (non-hydrogen) atoms. The quantitative estimate of drug-likeness (QED) is 0.529. The number of carboxylic acid groups (broad SMARTS) is 1. The zero-order chi connectivity index (χ0) is 14.3. The maximum atomic E-state index is 11.6. The topological polar surface area (TPSA) is 86.6 Å². The van der Waals surface area contributed by atoms with E-state index in [2.05, 4.69) is 12.2 Å². The van der Waals surface area contributed by atoms with Crippen LogP contribution in [0.1, 0.15) is 30.1 Å². The van der Waals surface area contributed by atoms with Crippen LogP contribution in [0.5, 0.6) is 5.75 Å². The van der Waals surface area contributed by atoms with Crippen molar-refractivity contribution in [3.63, 3.8) is 0 Å². The molecule has 0 aromatic heterocycles. The minimum absolute atomic E-state index is 0.0201. The predicted octanol–water partition coefficient (Wildman–Crippen LogP) is 2.56. The first kappa shape index (κ1) is 15.4. The van der Waals surface area contributed by atoms with Gasteiger partial charge in [0, 0.05) is 0 Å². The van der Waals surface area contributed by atoms with Gasteiger partial charge >= 0.3 is 5.97 Å². The van der Waals surface area contributed by atoms with Crippen molar-refractivity contribution in [3.8, 4) is 5.75 Å². The molecule has 104 valence electrons. The highest BCUT2D eigenvalue weighted by Crippen LogP contribution is 2.24. The second-order valence-corrected chi connectivity index (χ2v) is 5.10. The lowest BCUT2D eigenvalue weighted by molar-refractivity contribution is -0.113. The first-order valence-corrected chi connectivity index (χ1v) is 7.14. The molecule has 0 saturated heterocycles. The van der Waals surface area contributed by atoms with Crippen molar-refractivity contribution >= 4 is 29.3 Å². The molecule has 5 nitrogen and oxygen atoms in total. The van der Waals surface area contributed by atoms with Gasteiger partial charge in [-0.25, -0.2) is 4.79 Å². The van der Waals surface area contributed by atoms with E-state index in [-0.39, 0.29) is 28.7 Å². The summed E-state index contributed by atoms with van der Waals surface area (Å²) in [6, 6.07) is 3.78. The molecular formula is C13H17NO4S. The standard InChI is InChI=1S/C13H17NO4S/c1-2-3-6-19-8-12(16)14-10-7-9(13(17)18)4-5-11(10)15/h4-5,7,15H,2-3,6,8H2,1H3,(H,14,16)(H,17,18). The number of unbranched alkanes of at least 4 members (excludes halogenated alkanes) is 1. The Morgan fingerprint density at radius 2 is 2.11 bits per heavy atom. The number of hydrogen-bond donors (Lipinski definition) is 3. The van der Waals surface area contributed by atoms with Gasteiger partial charge in [-0.15, -0.1) is 0 Å². The van der Waals surface area contributed by atoms with Gasteiger partial charge in [0.15, 0.2) is 0 Å². The summed E-state index contributed by atoms with van der Waals surface area (Å²) < 4.78 is 0. The van der Waals surface area contributed by atoms with E-state index in [0.717, 1.165) is 18.6 Å². The van der Waals surface area contributed by atoms with Crippen molar-refractivity contribution in [1.29, 1.82) is 0 Å². The van der Waals surface area contributed by atoms with Gasteiger partial charge in [-0.1, -0.05) is 13.3 Å². The fraction of sp³-hybridized carbons (Fsp3) is 0.385. The molecule has 3 N–H and O–H groups in total. The number of aromatic hydroxyl groups is 1. The number of carbonyl (C=O) groups excluding carboxylic acids is 1. The molecule has 0 aliphatic rings. The van der Waals surface area contributed by atoms with Crippen molar-refractivity contribution in [1.82, 2.24) is 0 Å². The van der Waals surface area contributed by atoms with Gasteiger partial charge in [0.05, 0.1) is 17.0 Å². The van der Waals surface area contributed by atoms with Crippen molar-refractivity contribution < 1.29 is 19.8 Å². The van der Waals surface area contributed by atoms with Crippen molar-refractivity contribution in [2.45, 2.75) is 19.8 Å². The number of phenolic OH excluding ortho intramolecular Hbond substituents is 1. The lowest BCUT2D eigenvalue weighted by Gasteiger charge is -2.08. The summed E-state index contributed by atoms with van der Waals surface area (Å²) in [7, 11) is 0. The van der Waals surface area contributed by atoms with Gasteiger partial charge in [-0.2, -0.15) is 11.8 Å². The lowest BCUT2D eigenvalue weighted by atomic mass is 10.2. The monoisotopic (exact) mass is 283 g/mol. The van der Waals surface area contributed by atoms with Gasteiger partial charge < -0.3 is 15.5 Å². The largest absolute Gasteiger partial charge is 0.506 e. The Morgan fingerprint density at radius 3 is 2.74 bits per heavy atom. The van der Waals surface area contributed by atoms with Crippen LogP contribution in [0.4, 0.5) is 5.69 Å². The summed E-state index contributed by atoms with van der Waals surface area (Å²) in [5.74, 6) is -0.300. The smallest absolute Gasteiger partial charge is 0.335 e. The molecule has 1 aromatic rings. The predicted molar refractivity (Wildman–Crippen MR) is 75.9 cm³/mol. The van der Waals surface area contributed by atoms with Gasteiger partial charge in [0.1, 0.15) is 5.75 Å². The van der Waals surface area contributed by atoms with E-state index in [1.54, 1.807) is 0 Å². The van der Waals surface area contributed by atoms with Gasteiger partial charge in [0.25, 0.3) is 0 Å². The molecular weight excluding hydrogens is 266 g/mol. The molecule has 6 heteroatoms. The molecule has 0 fully saturated rings. The Hall–Kier alpha value is -1.69. The number of hydrogen-bond acceptors (Lipinski definition) is 4. The maximum absolute atomic E-state index is 11.6. The molecule has 0 aliphatic carbocycles. The second kappa shape index (κ2) is 7.68. The zero-order valence-corrected chi connectivity index (χ0v) is 11.5. The van der Waals surface area contributed by atoms with Crippen LogP contribution in [0, 0.1) is 0 Å². The molecule has 0 bridgehead atoms. The van der Waals surface area contributed by atoms with Crippen LogP contribution < -0.4 is 5.32 Å². The van der Waals surface area contributed by atoms with Crippen LogP contribution in [-0.4, -0.2) is 33.6 Å². The molecule has 0 radical (unpaired) electrons. The number of phenols is 1. The number of carbonyl (C=O) groups is 2. The van der Waals surface area contributed by atoms with Gasteiger partial charge in [-0.3, -0.25) is 4.79 Å². The van der Waals surface area contributed by atoms with Gasteiger partial charge in [0.2, 0.25) is 5.91 Å².